The van der Waals surface area contributed by atoms with Gasteiger partial charge in [-0.25, -0.2) is 0 Å². The van der Waals surface area contributed by atoms with E-state index < -0.39 is 0 Å². The number of rotatable bonds is 2. The molecule has 0 radical (unpaired) electrons. The van der Waals surface area contributed by atoms with E-state index in [1.54, 1.807) is 0 Å². The number of aldehydes is 1. The molecule has 0 spiro atoms. The Balaban J connectivity index is 2.21. The van der Waals surface area contributed by atoms with Gasteiger partial charge in [0.05, 0.1) is 14.4 Å². The fraction of sp³-hybridized carbons (Fsp3) is 0.400. The summed E-state index contributed by atoms with van der Waals surface area (Å²) in [5.74, 6) is 0.313. The third kappa shape index (κ3) is 2.29. The number of piperidine rings is 1. The minimum atomic E-state index is 0.313. The predicted octanol–water partition coefficient (Wildman–Crippen LogP) is 2.49. The summed E-state index contributed by atoms with van der Waals surface area (Å²) in [7, 11) is 0. The zero-order valence-electron chi connectivity index (χ0n) is 8.03. The predicted molar refractivity (Wildman–Crippen MR) is 63.9 cm³/mol. The van der Waals surface area contributed by atoms with Gasteiger partial charge in [0.15, 0.2) is 6.29 Å². The highest BCUT2D eigenvalue weighted by Crippen LogP contribution is 2.33. The Bertz CT molecular complexity index is 392. The third-order valence-corrected chi connectivity index (χ3v) is 4.03. The fourth-order valence-electron chi connectivity index (χ4n) is 1.69. The molecule has 0 N–H and O–H groups in total. The van der Waals surface area contributed by atoms with E-state index >= 15 is 0 Å². The average Bonchev–Trinajstić information content (AvgIpc) is 2.61. The summed E-state index contributed by atoms with van der Waals surface area (Å²) in [6.45, 7) is 1.45. The van der Waals surface area contributed by atoms with Gasteiger partial charge in [-0.05, 0) is 22.0 Å². The molecule has 80 valence electrons. The normalized spacial score (nSPS) is 16.9. The van der Waals surface area contributed by atoms with Gasteiger partial charge in [-0.3, -0.25) is 9.59 Å². The molecule has 0 amide bonds. The van der Waals surface area contributed by atoms with Gasteiger partial charge in [-0.2, -0.15) is 0 Å². The second-order valence-corrected chi connectivity index (χ2v) is 5.91. The number of ketones is 1. The maximum Gasteiger partial charge on any atom is 0.162 e. The molecular formula is C10H10BrNO2S. The number of hydrogen-bond acceptors (Lipinski definition) is 4. The van der Waals surface area contributed by atoms with E-state index in [-0.39, 0.29) is 0 Å². The van der Waals surface area contributed by atoms with Gasteiger partial charge in [0.1, 0.15) is 5.78 Å². The van der Waals surface area contributed by atoms with Crippen molar-refractivity contribution in [2.24, 2.45) is 0 Å². The zero-order valence-corrected chi connectivity index (χ0v) is 10.4. The molecule has 1 aromatic rings. The summed E-state index contributed by atoms with van der Waals surface area (Å²) in [5.41, 5.74) is 0.953. The first-order chi connectivity index (χ1) is 7.20. The van der Waals surface area contributed by atoms with Crippen LogP contribution >= 0.6 is 27.3 Å². The van der Waals surface area contributed by atoms with Crippen LogP contribution in [0.1, 0.15) is 22.5 Å². The van der Waals surface area contributed by atoms with Crippen LogP contribution in [0.25, 0.3) is 0 Å². The molecule has 0 bridgehead atoms. The molecule has 1 aliphatic rings. The van der Waals surface area contributed by atoms with Crippen LogP contribution in [-0.4, -0.2) is 25.2 Å². The average molecular weight is 288 g/mol. The number of carbonyl (C=O) groups excluding carboxylic acids is 2. The smallest absolute Gasteiger partial charge is 0.162 e. The first-order valence-corrected chi connectivity index (χ1v) is 6.33. The third-order valence-electron chi connectivity index (χ3n) is 2.48. The summed E-state index contributed by atoms with van der Waals surface area (Å²) in [4.78, 5) is 24.8. The number of thiophene rings is 1. The number of halogens is 1. The molecule has 1 saturated heterocycles. The second-order valence-electron chi connectivity index (χ2n) is 3.44. The minimum absolute atomic E-state index is 0.313. The van der Waals surface area contributed by atoms with Crippen LogP contribution in [0.3, 0.4) is 0 Å². The lowest BCUT2D eigenvalue weighted by atomic mass is 10.1. The fourth-order valence-corrected chi connectivity index (χ4v) is 3.16. The van der Waals surface area contributed by atoms with Crippen molar-refractivity contribution in [2.75, 3.05) is 18.0 Å². The molecule has 2 rings (SSSR count). The highest BCUT2D eigenvalue weighted by molar-refractivity contribution is 9.11. The van der Waals surface area contributed by atoms with Crippen LogP contribution in [0.2, 0.25) is 0 Å². The highest BCUT2D eigenvalue weighted by atomic mass is 79.9. The topological polar surface area (TPSA) is 37.4 Å². The maximum atomic E-state index is 11.1. The first-order valence-electron chi connectivity index (χ1n) is 4.72. The SMILES string of the molecule is O=Cc1sc(Br)cc1N1CCC(=O)CC1. The van der Waals surface area contributed by atoms with Crippen LogP contribution < -0.4 is 4.90 Å². The summed E-state index contributed by atoms with van der Waals surface area (Å²) >= 11 is 4.80. The first kappa shape index (κ1) is 10.8. The lowest BCUT2D eigenvalue weighted by Gasteiger charge is -2.27. The van der Waals surface area contributed by atoms with Crippen molar-refractivity contribution in [3.05, 3.63) is 14.7 Å². The molecule has 0 saturated carbocycles. The van der Waals surface area contributed by atoms with Crippen LogP contribution in [0, 0.1) is 0 Å². The van der Waals surface area contributed by atoms with Crippen molar-refractivity contribution in [2.45, 2.75) is 12.8 Å². The van der Waals surface area contributed by atoms with E-state index in [4.69, 9.17) is 0 Å². The Morgan fingerprint density at radius 2 is 2.07 bits per heavy atom. The number of nitrogens with zero attached hydrogens (tertiary/aromatic N) is 1. The monoisotopic (exact) mass is 287 g/mol. The lowest BCUT2D eigenvalue weighted by Crippen LogP contribution is -2.33. The lowest BCUT2D eigenvalue weighted by molar-refractivity contribution is -0.119. The molecule has 1 fully saturated rings. The number of hydrogen-bond donors (Lipinski definition) is 0. The highest BCUT2D eigenvalue weighted by Gasteiger charge is 2.20. The van der Waals surface area contributed by atoms with E-state index in [0.29, 0.717) is 18.6 Å². The van der Waals surface area contributed by atoms with E-state index in [0.717, 1.165) is 33.7 Å². The Kier molecular flexibility index (Phi) is 3.21. The summed E-state index contributed by atoms with van der Waals surface area (Å²) in [6.07, 6.45) is 2.05. The number of Topliss-reactive ketones (excluding diaryl/α,β-unsaturated/α-hetero) is 1. The Labute approximate surface area is 100 Å². The molecule has 0 unspecified atom stereocenters. The van der Waals surface area contributed by atoms with Gasteiger partial charge in [-0.1, -0.05) is 0 Å². The van der Waals surface area contributed by atoms with Gasteiger partial charge >= 0.3 is 0 Å². The summed E-state index contributed by atoms with van der Waals surface area (Å²) < 4.78 is 0.955. The molecule has 0 aliphatic carbocycles. The van der Waals surface area contributed by atoms with Gasteiger partial charge in [0, 0.05) is 25.9 Å². The van der Waals surface area contributed by atoms with Crippen LogP contribution in [0.4, 0.5) is 5.69 Å². The van der Waals surface area contributed by atoms with Crippen LogP contribution in [0.5, 0.6) is 0 Å². The largest absolute Gasteiger partial charge is 0.369 e. The van der Waals surface area contributed by atoms with Crippen molar-refractivity contribution >= 4 is 45.0 Å². The summed E-state index contributed by atoms with van der Waals surface area (Å²) in [5, 5.41) is 0. The molecular weight excluding hydrogens is 278 g/mol. The van der Waals surface area contributed by atoms with Gasteiger partial charge in [0.25, 0.3) is 0 Å². The minimum Gasteiger partial charge on any atom is -0.369 e. The zero-order chi connectivity index (χ0) is 10.8. The molecule has 5 heteroatoms. The maximum absolute atomic E-state index is 11.1. The molecule has 1 aliphatic heterocycles. The summed E-state index contributed by atoms with van der Waals surface area (Å²) in [6, 6.07) is 1.95. The van der Waals surface area contributed by atoms with Gasteiger partial charge in [-0.15, -0.1) is 11.3 Å². The van der Waals surface area contributed by atoms with Crippen molar-refractivity contribution < 1.29 is 9.59 Å². The molecule has 15 heavy (non-hydrogen) atoms. The quantitative estimate of drug-likeness (QED) is 0.785. The van der Waals surface area contributed by atoms with Crippen molar-refractivity contribution in [3.8, 4) is 0 Å². The van der Waals surface area contributed by atoms with Crippen LogP contribution in [-0.2, 0) is 4.79 Å². The molecule has 0 atom stereocenters. The van der Waals surface area contributed by atoms with Crippen molar-refractivity contribution in [3.63, 3.8) is 0 Å². The standard InChI is InChI=1S/C10H10BrNO2S/c11-10-5-8(9(6-13)15-10)12-3-1-7(14)2-4-12/h5-6H,1-4H2. The van der Waals surface area contributed by atoms with Crippen LogP contribution in [0.15, 0.2) is 9.85 Å². The Morgan fingerprint density at radius 1 is 1.40 bits per heavy atom. The van der Waals surface area contributed by atoms with E-state index in [1.165, 1.54) is 11.3 Å². The Hall–Kier alpha value is -0.680. The van der Waals surface area contributed by atoms with Gasteiger partial charge in [0.2, 0.25) is 0 Å². The molecule has 1 aromatic heterocycles. The second kappa shape index (κ2) is 4.45. The van der Waals surface area contributed by atoms with Crippen molar-refractivity contribution in [1.29, 1.82) is 0 Å². The number of carbonyl (C=O) groups is 2. The Morgan fingerprint density at radius 3 is 2.67 bits per heavy atom. The van der Waals surface area contributed by atoms with E-state index in [1.807, 2.05) is 6.07 Å². The van der Waals surface area contributed by atoms with E-state index in [2.05, 4.69) is 20.8 Å². The molecule has 3 nitrogen and oxygen atoms in total. The van der Waals surface area contributed by atoms with Crippen molar-refractivity contribution in [1.82, 2.24) is 0 Å². The molecule has 2 heterocycles. The number of anilines is 1. The van der Waals surface area contributed by atoms with Gasteiger partial charge < -0.3 is 4.90 Å². The molecule has 0 aromatic carbocycles. The van der Waals surface area contributed by atoms with E-state index in [9.17, 15) is 9.59 Å².